The van der Waals surface area contributed by atoms with Gasteiger partial charge in [0.15, 0.2) is 8.32 Å². The van der Waals surface area contributed by atoms with E-state index < -0.39 is 13.9 Å². The van der Waals surface area contributed by atoms with Gasteiger partial charge in [0.1, 0.15) is 7.11 Å². The van der Waals surface area contributed by atoms with Crippen molar-refractivity contribution >= 4 is 37.2 Å². The summed E-state index contributed by atoms with van der Waals surface area (Å²) in [5.41, 5.74) is 2.13. The number of rotatable bonds is 10. The van der Waals surface area contributed by atoms with Crippen LogP contribution in [-0.2, 0) is 14.9 Å². The average Bonchev–Trinajstić information content (AvgIpc) is 2.85. The molecule has 0 aliphatic carbocycles. The summed E-state index contributed by atoms with van der Waals surface area (Å²) in [5.74, 6) is -0.0329. The molecular formula is C29H42Cl2N2O3Si. The van der Waals surface area contributed by atoms with Crippen LogP contribution >= 0.6 is 23.2 Å². The molecule has 0 spiro atoms. The highest BCUT2D eigenvalue weighted by Crippen LogP contribution is 2.38. The Morgan fingerprint density at radius 2 is 1.73 bits per heavy atom. The van der Waals surface area contributed by atoms with E-state index in [2.05, 4.69) is 43.9 Å². The van der Waals surface area contributed by atoms with E-state index in [1.807, 2.05) is 48.5 Å². The van der Waals surface area contributed by atoms with Crippen molar-refractivity contribution in [2.45, 2.75) is 69.7 Å². The van der Waals surface area contributed by atoms with E-state index >= 15 is 0 Å². The zero-order valence-corrected chi connectivity index (χ0v) is 25.6. The van der Waals surface area contributed by atoms with Gasteiger partial charge in [0.05, 0.1) is 28.0 Å². The minimum Gasteiger partial charge on any atom is -0.411 e. The summed E-state index contributed by atoms with van der Waals surface area (Å²) in [5, 5.41) is 16.8. The summed E-state index contributed by atoms with van der Waals surface area (Å²) in [7, 11) is -0.412. The van der Waals surface area contributed by atoms with E-state index in [-0.39, 0.29) is 11.0 Å². The van der Waals surface area contributed by atoms with Crippen molar-refractivity contribution in [3.8, 4) is 0 Å². The van der Waals surface area contributed by atoms with Crippen LogP contribution in [0.25, 0.3) is 0 Å². The topological polar surface area (TPSA) is 54.3 Å². The second kappa shape index (κ2) is 12.6. The summed E-state index contributed by atoms with van der Waals surface area (Å²) in [6, 6.07) is 15.8. The Hall–Kier alpha value is -1.41. The summed E-state index contributed by atoms with van der Waals surface area (Å²) >= 11 is 12.7. The van der Waals surface area contributed by atoms with Crippen molar-refractivity contribution in [1.82, 2.24) is 4.90 Å². The van der Waals surface area contributed by atoms with E-state index in [0.717, 1.165) is 42.9 Å². The van der Waals surface area contributed by atoms with Crippen LogP contribution in [0.2, 0.25) is 28.2 Å². The molecule has 1 N–H and O–H groups in total. The molecule has 8 heteroatoms. The fourth-order valence-corrected chi connectivity index (χ4v) is 5.78. The number of piperidine rings is 1. The number of oxime groups is 1. The first-order valence-corrected chi connectivity index (χ1v) is 16.7. The maximum atomic E-state index is 11.2. The molecule has 1 aliphatic rings. The molecule has 0 bridgehead atoms. The summed E-state index contributed by atoms with van der Waals surface area (Å²) in [6.45, 7) is 14.1. The molecule has 1 aliphatic heterocycles. The molecule has 0 radical (unpaired) electrons. The van der Waals surface area contributed by atoms with Crippen LogP contribution in [0.3, 0.4) is 0 Å². The monoisotopic (exact) mass is 564 g/mol. The normalized spacial score (nSPS) is 18.0. The number of likely N-dealkylation sites (tertiary alicyclic amines) is 1. The van der Waals surface area contributed by atoms with Crippen molar-refractivity contribution in [1.29, 1.82) is 0 Å². The van der Waals surface area contributed by atoms with Crippen LogP contribution < -0.4 is 0 Å². The molecule has 2 aromatic rings. The Bertz CT molecular complexity index is 1050. The zero-order valence-electron chi connectivity index (χ0n) is 23.1. The first-order valence-electron chi connectivity index (χ1n) is 13.1. The molecule has 0 amide bonds. The summed E-state index contributed by atoms with van der Waals surface area (Å²) in [6.07, 6.45) is 2.24. The number of nitrogens with zero attached hydrogens (tertiary/aromatic N) is 2. The molecule has 37 heavy (non-hydrogen) atoms. The van der Waals surface area contributed by atoms with Crippen LogP contribution in [0.1, 0.15) is 57.1 Å². The third-order valence-corrected chi connectivity index (χ3v) is 13.3. The molecule has 3 rings (SSSR count). The van der Waals surface area contributed by atoms with Crippen molar-refractivity contribution in [3.05, 3.63) is 69.7 Å². The van der Waals surface area contributed by atoms with Gasteiger partial charge in [-0.05, 0) is 67.2 Å². The smallest absolute Gasteiger partial charge is 0.192 e. The third-order valence-electron chi connectivity index (χ3n) is 8.07. The number of halogens is 2. The fourth-order valence-electron chi connectivity index (χ4n) is 4.53. The number of benzene rings is 2. The van der Waals surface area contributed by atoms with Crippen LogP contribution in [0.5, 0.6) is 0 Å². The first-order chi connectivity index (χ1) is 17.4. The van der Waals surface area contributed by atoms with Gasteiger partial charge in [0.25, 0.3) is 0 Å². The van der Waals surface area contributed by atoms with Crippen molar-refractivity contribution < 1.29 is 14.4 Å². The lowest BCUT2D eigenvalue weighted by molar-refractivity contribution is -0.0261. The molecule has 1 saturated heterocycles. The first kappa shape index (κ1) is 30.1. The predicted molar refractivity (Wildman–Crippen MR) is 157 cm³/mol. The lowest BCUT2D eigenvalue weighted by atomic mass is 9.84. The third kappa shape index (κ3) is 7.81. The largest absolute Gasteiger partial charge is 0.411 e. The van der Waals surface area contributed by atoms with E-state index in [1.54, 1.807) is 7.11 Å². The lowest BCUT2D eigenvalue weighted by Crippen LogP contribution is -2.44. The number of aliphatic hydroxyl groups is 1. The highest BCUT2D eigenvalue weighted by Gasteiger charge is 2.38. The zero-order chi connectivity index (χ0) is 27.3. The van der Waals surface area contributed by atoms with Crippen LogP contribution in [0, 0.1) is 0 Å². The Kier molecular flexibility index (Phi) is 10.3. The van der Waals surface area contributed by atoms with E-state index in [9.17, 15) is 5.11 Å². The van der Waals surface area contributed by atoms with Crippen LogP contribution in [0.4, 0.5) is 0 Å². The Balaban J connectivity index is 1.76. The highest BCUT2D eigenvalue weighted by molar-refractivity contribution is 6.74. The lowest BCUT2D eigenvalue weighted by Gasteiger charge is -2.39. The molecule has 0 saturated carbocycles. The maximum Gasteiger partial charge on any atom is 0.192 e. The summed E-state index contributed by atoms with van der Waals surface area (Å²) < 4.78 is 6.56. The van der Waals surface area contributed by atoms with Gasteiger partial charge in [-0.15, -0.1) is 0 Å². The highest BCUT2D eigenvalue weighted by atomic mass is 35.5. The van der Waals surface area contributed by atoms with Crippen LogP contribution in [0.15, 0.2) is 53.7 Å². The summed E-state index contributed by atoms with van der Waals surface area (Å²) in [4.78, 5) is 7.71. The predicted octanol–water partition coefficient (Wildman–Crippen LogP) is 7.47. The second-order valence-electron chi connectivity index (χ2n) is 11.6. The number of hydrogen-bond acceptors (Lipinski definition) is 5. The number of hydrogen-bond donors (Lipinski definition) is 1. The van der Waals surface area contributed by atoms with Gasteiger partial charge in [0.2, 0.25) is 0 Å². The van der Waals surface area contributed by atoms with Gasteiger partial charge in [0, 0.05) is 19.0 Å². The SMILES string of the molecule is CON=C(CO[Si](C)(C)C(C)(C)C)C(CCN1CCC(O)(c2ccccc2)CC1)c1ccc(Cl)c(Cl)c1. The molecule has 5 nitrogen and oxygen atoms in total. The van der Waals surface area contributed by atoms with Crippen LogP contribution in [-0.4, -0.2) is 57.4 Å². The molecule has 204 valence electrons. The second-order valence-corrected chi connectivity index (χ2v) is 17.2. The van der Waals surface area contributed by atoms with E-state index in [1.165, 1.54) is 0 Å². The molecule has 1 unspecified atom stereocenters. The fraction of sp³-hybridized carbons (Fsp3) is 0.552. The van der Waals surface area contributed by atoms with Gasteiger partial charge < -0.3 is 19.3 Å². The Morgan fingerprint density at radius 1 is 1.08 bits per heavy atom. The van der Waals surface area contributed by atoms with Crippen molar-refractivity contribution in [2.75, 3.05) is 33.4 Å². The molecular weight excluding hydrogens is 523 g/mol. The van der Waals surface area contributed by atoms with Gasteiger partial charge in [-0.3, -0.25) is 0 Å². The minimum atomic E-state index is -1.99. The van der Waals surface area contributed by atoms with E-state index in [4.69, 9.17) is 32.5 Å². The Morgan fingerprint density at radius 3 is 2.30 bits per heavy atom. The van der Waals surface area contributed by atoms with Gasteiger partial charge >= 0.3 is 0 Å². The molecule has 1 heterocycles. The quantitative estimate of drug-likeness (QED) is 0.184. The average molecular weight is 566 g/mol. The maximum absolute atomic E-state index is 11.2. The van der Waals surface area contributed by atoms with E-state index in [0.29, 0.717) is 29.5 Å². The minimum absolute atomic E-state index is 0.0329. The standard InChI is InChI=1S/C29H42Cl2N2O3Si/c1-28(2,3)37(5,6)36-21-27(32-35-4)24(22-12-13-25(30)26(31)20-22)14-17-33-18-15-29(34,16-19-33)23-10-8-7-9-11-23/h7-13,20,24,34H,14-19,21H2,1-6H3. The van der Waals surface area contributed by atoms with Gasteiger partial charge in [-0.2, -0.15) is 0 Å². The van der Waals surface area contributed by atoms with Crippen molar-refractivity contribution in [2.24, 2.45) is 5.16 Å². The van der Waals surface area contributed by atoms with Crippen molar-refractivity contribution in [3.63, 3.8) is 0 Å². The Labute approximate surface area is 233 Å². The molecule has 1 fully saturated rings. The molecule has 1 atom stereocenters. The van der Waals surface area contributed by atoms with Gasteiger partial charge in [-0.1, -0.05) is 85.5 Å². The van der Waals surface area contributed by atoms with Gasteiger partial charge in [-0.25, -0.2) is 0 Å². The molecule has 2 aromatic carbocycles. The molecule has 0 aromatic heterocycles.